The van der Waals surface area contributed by atoms with Crippen LogP contribution >= 0.6 is 0 Å². The summed E-state index contributed by atoms with van der Waals surface area (Å²) >= 11 is 0. The lowest BCUT2D eigenvalue weighted by Crippen LogP contribution is -2.43. The van der Waals surface area contributed by atoms with Gasteiger partial charge in [0.1, 0.15) is 6.04 Å². The molecule has 3 N–H and O–H groups in total. The highest BCUT2D eigenvalue weighted by atomic mass is 19.1. The second-order valence-electron chi connectivity index (χ2n) is 11.8. The predicted octanol–water partition coefficient (Wildman–Crippen LogP) is 6.16. The van der Waals surface area contributed by atoms with Crippen LogP contribution in [0.25, 0.3) is 11.1 Å². The van der Waals surface area contributed by atoms with Gasteiger partial charge in [0.25, 0.3) is 0 Å². The second kappa shape index (κ2) is 15.3. The molecular weight excluding hydrogens is 533 g/mol. The number of rotatable bonds is 8. The van der Waals surface area contributed by atoms with Gasteiger partial charge in [-0.25, -0.2) is 9.18 Å². The number of hydrogen-bond acceptors (Lipinski definition) is 4. The number of carboxylic acid groups (broad SMARTS) is 1. The van der Waals surface area contributed by atoms with Crippen LogP contribution in [0.15, 0.2) is 42.5 Å². The SMILES string of the molecule is CC.CC1(F)c2ccccc2-c2cc(CC(=O)N3C(C(=O)O)C[C@]4(C)CC34)ccc21.CCCCCCN(C)C.NC=O. The number of alkyl halides is 1. The van der Waals surface area contributed by atoms with Gasteiger partial charge in [0.15, 0.2) is 5.67 Å². The third-order valence-electron chi connectivity index (χ3n) is 8.34. The van der Waals surface area contributed by atoms with E-state index in [2.05, 4.69) is 38.6 Å². The van der Waals surface area contributed by atoms with E-state index in [1.165, 1.54) is 32.2 Å². The average molecular weight is 584 g/mol. The number of unbranched alkanes of at least 4 members (excludes halogenated alkanes) is 3. The van der Waals surface area contributed by atoms with Crippen molar-refractivity contribution in [1.29, 1.82) is 0 Å². The molecule has 3 aliphatic rings. The van der Waals surface area contributed by atoms with Crippen molar-refractivity contribution < 1.29 is 23.9 Å². The Bertz CT molecular complexity index is 1220. The van der Waals surface area contributed by atoms with Crippen molar-refractivity contribution in [3.8, 4) is 11.1 Å². The summed E-state index contributed by atoms with van der Waals surface area (Å²) in [5, 5.41) is 9.51. The summed E-state index contributed by atoms with van der Waals surface area (Å²) in [7, 11) is 4.26. The van der Waals surface area contributed by atoms with Crippen molar-refractivity contribution >= 4 is 18.3 Å². The molecule has 2 aromatic rings. The number of nitrogens with zero attached hydrogens (tertiary/aromatic N) is 2. The Hall–Kier alpha value is -3.26. The first-order chi connectivity index (χ1) is 19.9. The molecule has 5 rings (SSSR count). The van der Waals surface area contributed by atoms with Gasteiger partial charge in [-0.05, 0) is 68.9 Å². The molecule has 2 aliphatic carbocycles. The number of halogens is 1. The van der Waals surface area contributed by atoms with Crippen molar-refractivity contribution in [3.63, 3.8) is 0 Å². The Morgan fingerprint density at radius 1 is 1.05 bits per heavy atom. The van der Waals surface area contributed by atoms with Crippen LogP contribution in [0.5, 0.6) is 0 Å². The first-order valence-corrected chi connectivity index (χ1v) is 15.2. The maximum atomic E-state index is 15.3. The van der Waals surface area contributed by atoms with E-state index in [1.54, 1.807) is 30.0 Å². The van der Waals surface area contributed by atoms with Crippen molar-refractivity contribution in [2.45, 2.75) is 97.3 Å². The summed E-state index contributed by atoms with van der Waals surface area (Å²) in [4.78, 5) is 37.0. The van der Waals surface area contributed by atoms with E-state index in [4.69, 9.17) is 4.79 Å². The second-order valence-corrected chi connectivity index (χ2v) is 11.8. The Balaban J connectivity index is 0.000000373. The molecule has 0 aromatic heterocycles. The van der Waals surface area contributed by atoms with Gasteiger partial charge in [-0.1, -0.05) is 89.4 Å². The van der Waals surface area contributed by atoms with E-state index in [0.717, 1.165) is 23.1 Å². The molecule has 1 saturated carbocycles. The molecule has 2 aromatic carbocycles. The molecule has 7 nitrogen and oxygen atoms in total. The molecule has 42 heavy (non-hydrogen) atoms. The number of nitrogens with two attached hydrogens (primary N) is 1. The van der Waals surface area contributed by atoms with Gasteiger partial charge in [0, 0.05) is 17.2 Å². The molecular formula is C34H50FN3O4. The maximum absolute atomic E-state index is 15.3. The summed E-state index contributed by atoms with van der Waals surface area (Å²) in [5.41, 5.74) is 6.29. The number of fused-ring (bicyclic) bond motifs is 4. The summed E-state index contributed by atoms with van der Waals surface area (Å²) in [6.45, 7) is 11.1. The molecule has 8 heteroatoms. The fraction of sp³-hybridized carbons (Fsp3) is 0.559. The van der Waals surface area contributed by atoms with Gasteiger partial charge < -0.3 is 20.6 Å². The number of aliphatic carboxylic acids is 1. The molecule has 0 spiro atoms. The highest BCUT2D eigenvalue weighted by Crippen LogP contribution is 2.59. The smallest absolute Gasteiger partial charge is 0.326 e. The van der Waals surface area contributed by atoms with Crippen LogP contribution in [0.4, 0.5) is 4.39 Å². The van der Waals surface area contributed by atoms with E-state index in [-0.39, 0.29) is 30.2 Å². The fourth-order valence-electron chi connectivity index (χ4n) is 6.07. The van der Waals surface area contributed by atoms with Gasteiger partial charge in [-0.2, -0.15) is 0 Å². The molecule has 1 saturated heterocycles. The average Bonchev–Trinajstić information content (AvgIpc) is 3.43. The zero-order valence-electron chi connectivity index (χ0n) is 26.5. The van der Waals surface area contributed by atoms with E-state index in [0.29, 0.717) is 17.5 Å². The molecule has 2 fully saturated rings. The minimum absolute atomic E-state index is 0.0328. The Morgan fingerprint density at radius 2 is 1.67 bits per heavy atom. The summed E-state index contributed by atoms with van der Waals surface area (Å²) in [6, 6.07) is 12.2. The van der Waals surface area contributed by atoms with Crippen LogP contribution < -0.4 is 5.73 Å². The monoisotopic (exact) mass is 583 g/mol. The number of likely N-dealkylation sites (tertiary alicyclic amines) is 1. The number of amides is 2. The van der Waals surface area contributed by atoms with E-state index >= 15 is 4.39 Å². The fourth-order valence-corrected chi connectivity index (χ4v) is 6.07. The lowest BCUT2D eigenvalue weighted by Gasteiger charge is -2.24. The van der Waals surface area contributed by atoms with Crippen molar-refractivity contribution in [1.82, 2.24) is 9.80 Å². The topological polar surface area (TPSA) is 104 Å². The zero-order chi connectivity index (χ0) is 31.7. The Morgan fingerprint density at radius 3 is 2.26 bits per heavy atom. The van der Waals surface area contributed by atoms with Gasteiger partial charge >= 0.3 is 5.97 Å². The van der Waals surface area contributed by atoms with Gasteiger partial charge in [-0.3, -0.25) is 9.59 Å². The Labute approximate surface area is 251 Å². The summed E-state index contributed by atoms with van der Waals surface area (Å²) in [6.07, 6.45) is 7.28. The van der Waals surface area contributed by atoms with E-state index < -0.39 is 17.7 Å². The molecule has 4 atom stereocenters. The van der Waals surface area contributed by atoms with E-state index in [9.17, 15) is 14.7 Å². The minimum Gasteiger partial charge on any atom is -0.480 e. The molecule has 232 valence electrons. The third kappa shape index (κ3) is 7.97. The maximum Gasteiger partial charge on any atom is 0.326 e. The lowest BCUT2D eigenvalue weighted by atomic mass is 9.95. The zero-order valence-corrected chi connectivity index (χ0v) is 26.5. The number of carbonyl (C=O) groups is 3. The highest BCUT2D eigenvalue weighted by Gasteiger charge is 2.64. The molecule has 1 heterocycles. The minimum atomic E-state index is -1.55. The summed E-state index contributed by atoms with van der Waals surface area (Å²) in [5.74, 6) is -1.09. The van der Waals surface area contributed by atoms with Crippen LogP contribution in [-0.4, -0.2) is 65.9 Å². The third-order valence-corrected chi connectivity index (χ3v) is 8.34. The number of piperidine rings is 1. The highest BCUT2D eigenvalue weighted by molar-refractivity contribution is 5.88. The first-order valence-electron chi connectivity index (χ1n) is 15.2. The first kappa shape index (κ1) is 34.9. The van der Waals surface area contributed by atoms with Crippen LogP contribution in [0.2, 0.25) is 0 Å². The number of carboxylic acids is 1. The molecule has 1 aliphatic heterocycles. The molecule has 3 unspecified atom stereocenters. The van der Waals surface area contributed by atoms with Gasteiger partial charge in [-0.15, -0.1) is 0 Å². The molecule has 0 radical (unpaired) electrons. The number of benzene rings is 2. The molecule has 2 amide bonds. The van der Waals surface area contributed by atoms with Crippen LogP contribution in [-0.2, 0) is 26.5 Å². The van der Waals surface area contributed by atoms with Crippen molar-refractivity contribution in [3.05, 3.63) is 59.2 Å². The standard InChI is InChI=1S/C23H22FNO3.C8H19N.C2H6.CH3NO/c1-22-11-18(21(27)28)25(19(22)12-22)20(26)10-13-7-8-17-15(9-13)14-5-3-4-6-16(14)23(17,2)24;1-4-5-6-7-8-9(2)3;1-2;2-1-3/h3-9,18-19H,10-12H2,1-2H3,(H,27,28);4-8H2,1-3H3;1-2H3;1H,(H2,2,3)/t18?,19?,22-,23?;;;/m1.../s1. The lowest BCUT2D eigenvalue weighted by molar-refractivity contribution is -0.149. The number of primary amides is 1. The number of hydrogen-bond donors (Lipinski definition) is 2. The van der Waals surface area contributed by atoms with Crippen LogP contribution in [0.1, 0.15) is 89.8 Å². The van der Waals surface area contributed by atoms with Gasteiger partial charge in [0.05, 0.1) is 6.42 Å². The van der Waals surface area contributed by atoms with E-state index in [1.807, 2.05) is 38.1 Å². The predicted molar refractivity (Wildman–Crippen MR) is 167 cm³/mol. The van der Waals surface area contributed by atoms with Crippen molar-refractivity contribution in [2.24, 2.45) is 11.1 Å². The Kier molecular flexibility index (Phi) is 12.7. The largest absolute Gasteiger partial charge is 0.480 e. The normalized spacial score (nSPS) is 24.0. The van der Waals surface area contributed by atoms with Crippen LogP contribution in [0.3, 0.4) is 0 Å². The van der Waals surface area contributed by atoms with Crippen LogP contribution in [0, 0.1) is 5.41 Å². The van der Waals surface area contributed by atoms with Gasteiger partial charge in [0.2, 0.25) is 12.3 Å². The quantitative estimate of drug-likeness (QED) is 0.286. The molecule has 0 bridgehead atoms. The van der Waals surface area contributed by atoms with Crippen molar-refractivity contribution in [2.75, 3.05) is 20.6 Å². The number of carbonyl (C=O) groups excluding carboxylic acids is 2. The summed E-state index contributed by atoms with van der Waals surface area (Å²) < 4.78 is 15.3.